The summed E-state index contributed by atoms with van der Waals surface area (Å²) in [7, 11) is 0. The van der Waals surface area contributed by atoms with Crippen molar-refractivity contribution in [2.45, 2.75) is 13.5 Å². The average molecular weight is 378 g/mol. The Morgan fingerprint density at radius 2 is 2.10 bits per heavy atom. The molecule has 1 N–H and O–H groups in total. The van der Waals surface area contributed by atoms with Crippen LogP contribution in [-0.2, 0) is 6.61 Å². The standard InChI is InChI=1S/C14H12BrClF2N2O/c1-2-19-13-4-3-10(16)12(20-13)7-21-14-9(15)5-8(17)6-11(14)18/h3-6H,2,7H2,1H3,(H,19,20). The molecule has 0 aliphatic rings. The molecule has 0 radical (unpaired) electrons. The highest BCUT2D eigenvalue weighted by Gasteiger charge is 2.13. The number of nitrogens with zero attached hydrogens (tertiary/aromatic N) is 1. The molecule has 21 heavy (non-hydrogen) atoms. The Hall–Kier alpha value is -1.40. The van der Waals surface area contributed by atoms with Gasteiger partial charge in [0.05, 0.1) is 15.2 Å². The number of pyridine rings is 1. The van der Waals surface area contributed by atoms with E-state index in [4.69, 9.17) is 16.3 Å². The van der Waals surface area contributed by atoms with Crippen LogP contribution in [0.15, 0.2) is 28.7 Å². The predicted molar refractivity (Wildman–Crippen MR) is 81.8 cm³/mol. The Kier molecular flexibility index (Phi) is 5.36. The molecule has 0 aliphatic heterocycles. The van der Waals surface area contributed by atoms with E-state index >= 15 is 0 Å². The van der Waals surface area contributed by atoms with Crippen LogP contribution >= 0.6 is 27.5 Å². The van der Waals surface area contributed by atoms with Crippen LogP contribution in [-0.4, -0.2) is 11.5 Å². The molecule has 112 valence electrons. The molecule has 0 atom stereocenters. The maximum Gasteiger partial charge on any atom is 0.169 e. The van der Waals surface area contributed by atoms with Crippen LogP contribution in [0.5, 0.6) is 5.75 Å². The lowest BCUT2D eigenvalue weighted by Crippen LogP contribution is -2.05. The molecule has 1 aromatic carbocycles. The summed E-state index contributed by atoms with van der Waals surface area (Å²) in [6.45, 7) is 2.63. The molecule has 0 aliphatic carbocycles. The highest BCUT2D eigenvalue weighted by atomic mass is 79.9. The van der Waals surface area contributed by atoms with Gasteiger partial charge in [0.25, 0.3) is 0 Å². The third-order valence-corrected chi connectivity index (χ3v) is 3.53. The Morgan fingerprint density at radius 3 is 2.76 bits per heavy atom. The zero-order valence-corrected chi connectivity index (χ0v) is 13.4. The number of hydrogen-bond donors (Lipinski definition) is 1. The molecular formula is C14H12BrClF2N2O. The first kappa shape index (κ1) is 16.0. The van der Waals surface area contributed by atoms with Gasteiger partial charge in [-0.3, -0.25) is 0 Å². The summed E-state index contributed by atoms with van der Waals surface area (Å²) < 4.78 is 32.2. The summed E-state index contributed by atoms with van der Waals surface area (Å²) in [5.41, 5.74) is 0.464. The van der Waals surface area contributed by atoms with Crippen molar-refractivity contribution >= 4 is 33.3 Å². The van der Waals surface area contributed by atoms with Crippen LogP contribution in [0, 0.1) is 11.6 Å². The summed E-state index contributed by atoms with van der Waals surface area (Å²) in [5, 5.41) is 3.46. The average Bonchev–Trinajstić information content (AvgIpc) is 2.41. The third-order valence-electron chi connectivity index (χ3n) is 2.59. The first-order valence-corrected chi connectivity index (χ1v) is 7.35. The summed E-state index contributed by atoms with van der Waals surface area (Å²) in [4.78, 5) is 4.27. The van der Waals surface area contributed by atoms with Crippen molar-refractivity contribution < 1.29 is 13.5 Å². The lowest BCUT2D eigenvalue weighted by molar-refractivity contribution is 0.283. The highest BCUT2D eigenvalue weighted by molar-refractivity contribution is 9.10. The number of hydrogen-bond acceptors (Lipinski definition) is 3. The quantitative estimate of drug-likeness (QED) is 0.814. The van der Waals surface area contributed by atoms with E-state index in [2.05, 4.69) is 26.2 Å². The van der Waals surface area contributed by atoms with Crippen molar-refractivity contribution in [2.75, 3.05) is 11.9 Å². The second-order valence-corrected chi connectivity index (χ2v) is 5.40. The molecular weight excluding hydrogens is 366 g/mol. The lowest BCUT2D eigenvalue weighted by atomic mass is 10.3. The van der Waals surface area contributed by atoms with Crippen LogP contribution in [0.3, 0.4) is 0 Å². The van der Waals surface area contributed by atoms with Gasteiger partial charge < -0.3 is 10.1 Å². The summed E-state index contributed by atoms with van der Waals surface area (Å²) in [6.07, 6.45) is 0. The van der Waals surface area contributed by atoms with Gasteiger partial charge in [0.2, 0.25) is 0 Å². The first-order chi connectivity index (χ1) is 10.0. The molecule has 7 heteroatoms. The van der Waals surface area contributed by atoms with E-state index in [1.165, 1.54) is 0 Å². The highest BCUT2D eigenvalue weighted by Crippen LogP contribution is 2.30. The van der Waals surface area contributed by atoms with Crippen LogP contribution in [0.2, 0.25) is 5.02 Å². The second-order valence-electron chi connectivity index (χ2n) is 4.14. The van der Waals surface area contributed by atoms with Crippen LogP contribution in [0.25, 0.3) is 0 Å². The summed E-state index contributed by atoms with van der Waals surface area (Å²) >= 11 is 9.09. The minimum atomic E-state index is -0.791. The molecule has 0 spiro atoms. The van der Waals surface area contributed by atoms with Gasteiger partial charge in [-0.05, 0) is 41.1 Å². The summed E-state index contributed by atoms with van der Waals surface area (Å²) in [6, 6.07) is 5.30. The molecule has 3 nitrogen and oxygen atoms in total. The number of halogens is 4. The third kappa shape index (κ3) is 4.04. The van der Waals surface area contributed by atoms with Crippen LogP contribution < -0.4 is 10.1 Å². The Morgan fingerprint density at radius 1 is 1.33 bits per heavy atom. The SMILES string of the molecule is CCNc1ccc(Cl)c(COc2c(F)cc(F)cc2Br)n1. The Balaban J connectivity index is 2.18. The number of aromatic nitrogens is 1. The van der Waals surface area contributed by atoms with E-state index in [1.807, 2.05) is 6.92 Å². The van der Waals surface area contributed by atoms with Gasteiger partial charge in [-0.25, -0.2) is 13.8 Å². The molecule has 0 unspecified atom stereocenters. The predicted octanol–water partition coefficient (Wildman–Crippen LogP) is 4.79. The fourth-order valence-electron chi connectivity index (χ4n) is 1.67. The number of anilines is 1. The molecule has 0 amide bonds. The van der Waals surface area contributed by atoms with Gasteiger partial charge in [0.15, 0.2) is 11.6 Å². The number of benzene rings is 1. The maximum absolute atomic E-state index is 13.7. The molecule has 0 bridgehead atoms. The molecule has 0 saturated heterocycles. The van der Waals surface area contributed by atoms with Gasteiger partial charge in [0, 0.05) is 12.6 Å². The maximum atomic E-state index is 13.7. The van der Waals surface area contributed by atoms with Gasteiger partial charge in [-0.2, -0.15) is 0 Å². The number of ether oxygens (including phenoxy) is 1. The van der Waals surface area contributed by atoms with Crippen molar-refractivity contribution in [2.24, 2.45) is 0 Å². The van der Waals surface area contributed by atoms with E-state index in [0.29, 0.717) is 23.1 Å². The Labute approximate surface area is 134 Å². The van der Waals surface area contributed by atoms with Crippen LogP contribution in [0.1, 0.15) is 12.6 Å². The zero-order valence-electron chi connectivity index (χ0n) is 11.1. The number of rotatable bonds is 5. The van der Waals surface area contributed by atoms with E-state index < -0.39 is 11.6 Å². The zero-order chi connectivity index (χ0) is 15.4. The van der Waals surface area contributed by atoms with E-state index in [0.717, 1.165) is 12.1 Å². The molecule has 0 saturated carbocycles. The monoisotopic (exact) mass is 376 g/mol. The first-order valence-electron chi connectivity index (χ1n) is 6.18. The minimum absolute atomic E-state index is 0.0286. The Bertz CT molecular complexity index is 632. The van der Waals surface area contributed by atoms with Crippen molar-refractivity contribution in [3.63, 3.8) is 0 Å². The van der Waals surface area contributed by atoms with Gasteiger partial charge in [0.1, 0.15) is 18.2 Å². The van der Waals surface area contributed by atoms with Gasteiger partial charge in [-0.1, -0.05) is 11.6 Å². The van der Waals surface area contributed by atoms with Crippen molar-refractivity contribution in [3.8, 4) is 5.75 Å². The second kappa shape index (κ2) is 7.04. The minimum Gasteiger partial charge on any atom is -0.483 e. The molecule has 1 aromatic heterocycles. The van der Waals surface area contributed by atoms with E-state index in [-0.39, 0.29) is 16.8 Å². The fraction of sp³-hybridized carbons (Fsp3) is 0.214. The van der Waals surface area contributed by atoms with Crippen LogP contribution in [0.4, 0.5) is 14.6 Å². The molecule has 0 fully saturated rings. The summed E-state index contributed by atoms with van der Waals surface area (Å²) in [5.74, 6) is -0.903. The largest absolute Gasteiger partial charge is 0.483 e. The fourth-order valence-corrected chi connectivity index (χ4v) is 2.35. The molecule has 2 aromatic rings. The lowest BCUT2D eigenvalue weighted by Gasteiger charge is -2.11. The van der Waals surface area contributed by atoms with Gasteiger partial charge in [-0.15, -0.1) is 0 Å². The smallest absolute Gasteiger partial charge is 0.169 e. The topological polar surface area (TPSA) is 34.1 Å². The molecule has 1 heterocycles. The number of nitrogens with one attached hydrogen (secondary N) is 1. The van der Waals surface area contributed by atoms with Crippen molar-refractivity contribution in [3.05, 3.63) is 51.1 Å². The van der Waals surface area contributed by atoms with E-state index in [9.17, 15) is 8.78 Å². The van der Waals surface area contributed by atoms with E-state index in [1.54, 1.807) is 12.1 Å². The van der Waals surface area contributed by atoms with Crippen molar-refractivity contribution in [1.82, 2.24) is 4.98 Å². The van der Waals surface area contributed by atoms with Gasteiger partial charge >= 0.3 is 0 Å². The van der Waals surface area contributed by atoms with Crippen molar-refractivity contribution in [1.29, 1.82) is 0 Å². The molecule has 2 rings (SSSR count). The normalized spacial score (nSPS) is 10.5.